The standard InChI is InChI=1S/C37H66O8/c1-3-4-5-6-7-8-9-10-11-15-18-31(39)35-23-24-36(45-35)33(41)21-20-32(40)34-22-19-29(43-34)16-13-12-14-17-30-26-28(25-27(2)38)37(42)44-30/h28-36,39-41H,3-26H2,1-2H3/t28?,29-,30?,31-,32+,33-,34+,35-,36-/m1/s1. The average Bonchev–Trinajstić information content (AvgIpc) is 3.77. The Morgan fingerprint density at radius 2 is 1.16 bits per heavy atom. The van der Waals surface area contributed by atoms with Gasteiger partial charge in [0, 0.05) is 6.42 Å². The molecule has 0 bridgehead atoms. The molecule has 0 saturated carbocycles. The first-order valence-corrected chi connectivity index (χ1v) is 18.8. The predicted molar refractivity (Wildman–Crippen MR) is 176 cm³/mol. The molecular weight excluding hydrogens is 572 g/mol. The van der Waals surface area contributed by atoms with Crippen LogP contribution in [0.15, 0.2) is 0 Å². The van der Waals surface area contributed by atoms with E-state index in [2.05, 4.69) is 6.92 Å². The SMILES string of the molecule is CCCCCCCCCCCC[C@@H](O)[C@H]1CC[C@H]([C@H](O)CC[C@H](O)[C@@H]2CC[C@@H](CCCCCC3CC(CC(C)=O)C(=O)O3)O2)O1. The van der Waals surface area contributed by atoms with E-state index in [1.54, 1.807) is 0 Å². The molecule has 3 rings (SSSR count). The fraction of sp³-hybridized carbons (Fsp3) is 0.946. The van der Waals surface area contributed by atoms with Crippen LogP contribution in [-0.4, -0.2) is 75.9 Å². The Hall–Kier alpha value is -1.06. The summed E-state index contributed by atoms with van der Waals surface area (Å²) in [6.45, 7) is 3.77. The van der Waals surface area contributed by atoms with Crippen LogP contribution in [0.1, 0.15) is 168 Å². The number of carbonyl (C=O) groups excluding carboxylic acids is 2. The third kappa shape index (κ3) is 14.7. The summed E-state index contributed by atoms with van der Waals surface area (Å²) in [6.07, 6.45) is 21.4. The second-order valence-electron chi connectivity index (χ2n) is 14.4. The number of hydrogen-bond acceptors (Lipinski definition) is 8. The van der Waals surface area contributed by atoms with E-state index >= 15 is 0 Å². The third-order valence-electron chi connectivity index (χ3n) is 10.4. The van der Waals surface area contributed by atoms with Crippen LogP contribution in [0.25, 0.3) is 0 Å². The van der Waals surface area contributed by atoms with Crippen molar-refractivity contribution in [1.29, 1.82) is 0 Å². The summed E-state index contributed by atoms with van der Waals surface area (Å²) >= 11 is 0. The van der Waals surface area contributed by atoms with Crippen LogP contribution in [0.4, 0.5) is 0 Å². The number of Topliss-reactive ketones (excluding diaryl/α,β-unsaturated/α-hetero) is 1. The van der Waals surface area contributed by atoms with Crippen molar-refractivity contribution in [2.24, 2.45) is 5.92 Å². The summed E-state index contributed by atoms with van der Waals surface area (Å²) < 4.78 is 17.7. The molecule has 3 heterocycles. The lowest BCUT2D eigenvalue weighted by Crippen LogP contribution is -2.33. The highest BCUT2D eigenvalue weighted by Crippen LogP contribution is 2.32. The lowest BCUT2D eigenvalue weighted by molar-refractivity contribution is -0.145. The number of aliphatic hydroxyl groups excluding tert-OH is 3. The van der Waals surface area contributed by atoms with Crippen molar-refractivity contribution < 1.29 is 39.1 Å². The minimum atomic E-state index is -0.636. The Morgan fingerprint density at radius 1 is 0.667 bits per heavy atom. The van der Waals surface area contributed by atoms with Gasteiger partial charge in [0.05, 0.1) is 48.6 Å². The molecule has 3 aliphatic rings. The van der Waals surface area contributed by atoms with Gasteiger partial charge in [-0.2, -0.15) is 0 Å². The van der Waals surface area contributed by atoms with Gasteiger partial charge in [0.15, 0.2) is 0 Å². The molecule has 0 aliphatic carbocycles. The molecule has 0 aromatic carbocycles. The highest BCUT2D eigenvalue weighted by Gasteiger charge is 2.36. The Balaban J connectivity index is 1.18. The first-order valence-electron chi connectivity index (χ1n) is 18.8. The Morgan fingerprint density at radius 3 is 1.76 bits per heavy atom. The van der Waals surface area contributed by atoms with E-state index in [-0.39, 0.29) is 48.2 Å². The number of carbonyl (C=O) groups is 2. The molecule has 8 heteroatoms. The molecular formula is C37H66O8. The van der Waals surface area contributed by atoms with Crippen LogP contribution in [0.5, 0.6) is 0 Å². The largest absolute Gasteiger partial charge is 0.462 e. The van der Waals surface area contributed by atoms with Crippen LogP contribution < -0.4 is 0 Å². The van der Waals surface area contributed by atoms with Gasteiger partial charge in [0.1, 0.15) is 11.9 Å². The van der Waals surface area contributed by atoms with Gasteiger partial charge < -0.3 is 34.3 Å². The molecule has 3 fully saturated rings. The number of esters is 1. The van der Waals surface area contributed by atoms with Crippen molar-refractivity contribution in [3.05, 3.63) is 0 Å². The maximum absolute atomic E-state index is 11.9. The maximum atomic E-state index is 11.9. The van der Waals surface area contributed by atoms with E-state index in [1.165, 1.54) is 58.3 Å². The molecule has 262 valence electrons. The third-order valence-corrected chi connectivity index (χ3v) is 10.4. The average molecular weight is 639 g/mol. The van der Waals surface area contributed by atoms with E-state index in [0.717, 1.165) is 77.0 Å². The second-order valence-corrected chi connectivity index (χ2v) is 14.4. The van der Waals surface area contributed by atoms with Crippen LogP contribution in [-0.2, 0) is 23.8 Å². The monoisotopic (exact) mass is 638 g/mol. The molecule has 9 atom stereocenters. The van der Waals surface area contributed by atoms with Gasteiger partial charge in [-0.3, -0.25) is 4.79 Å². The fourth-order valence-corrected chi connectivity index (χ4v) is 7.56. The molecule has 0 radical (unpaired) electrons. The Bertz CT molecular complexity index is 820. The van der Waals surface area contributed by atoms with E-state index in [1.807, 2.05) is 0 Å². The van der Waals surface area contributed by atoms with Crippen LogP contribution in [0.3, 0.4) is 0 Å². The van der Waals surface area contributed by atoms with E-state index in [0.29, 0.717) is 25.7 Å². The summed E-state index contributed by atoms with van der Waals surface area (Å²) in [5.41, 5.74) is 0. The molecule has 2 unspecified atom stereocenters. The Labute approximate surface area is 273 Å². The lowest BCUT2D eigenvalue weighted by atomic mass is 9.96. The van der Waals surface area contributed by atoms with Gasteiger partial charge in [-0.05, 0) is 77.6 Å². The molecule has 3 N–H and O–H groups in total. The first kappa shape index (κ1) is 38.4. The van der Waals surface area contributed by atoms with E-state index < -0.39 is 18.3 Å². The van der Waals surface area contributed by atoms with Crippen molar-refractivity contribution >= 4 is 11.8 Å². The molecule has 0 aromatic rings. The number of hydrogen-bond donors (Lipinski definition) is 3. The fourth-order valence-electron chi connectivity index (χ4n) is 7.56. The van der Waals surface area contributed by atoms with Crippen molar-refractivity contribution in [1.82, 2.24) is 0 Å². The zero-order valence-corrected chi connectivity index (χ0v) is 28.5. The summed E-state index contributed by atoms with van der Waals surface area (Å²) in [6, 6.07) is 0. The predicted octanol–water partition coefficient (Wildman–Crippen LogP) is 7.12. The minimum Gasteiger partial charge on any atom is -0.462 e. The lowest BCUT2D eigenvalue weighted by Gasteiger charge is -2.24. The van der Waals surface area contributed by atoms with Crippen molar-refractivity contribution in [2.45, 2.75) is 217 Å². The van der Waals surface area contributed by atoms with E-state index in [4.69, 9.17) is 14.2 Å². The molecule has 3 aliphatic heterocycles. The minimum absolute atomic E-state index is 0.0377. The van der Waals surface area contributed by atoms with Crippen molar-refractivity contribution in [3.8, 4) is 0 Å². The highest BCUT2D eigenvalue weighted by atomic mass is 16.6. The number of aliphatic hydroxyl groups is 3. The van der Waals surface area contributed by atoms with Crippen molar-refractivity contribution in [2.75, 3.05) is 0 Å². The van der Waals surface area contributed by atoms with Gasteiger partial charge in [-0.15, -0.1) is 0 Å². The molecule has 0 amide bonds. The van der Waals surface area contributed by atoms with Gasteiger partial charge in [-0.25, -0.2) is 0 Å². The summed E-state index contributed by atoms with van der Waals surface area (Å²) in [5, 5.41) is 32.2. The Kier molecular flexibility index (Phi) is 18.5. The molecule has 3 saturated heterocycles. The first-order chi connectivity index (χ1) is 21.8. The number of unbranched alkanes of at least 4 members (excludes halogenated alkanes) is 11. The van der Waals surface area contributed by atoms with Gasteiger partial charge in [0.25, 0.3) is 0 Å². The topological polar surface area (TPSA) is 123 Å². The number of rotatable bonds is 25. The number of ketones is 1. The zero-order chi connectivity index (χ0) is 32.4. The molecule has 8 nitrogen and oxygen atoms in total. The molecule has 0 spiro atoms. The second kappa shape index (κ2) is 21.7. The normalized spacial score (nSPS) is 28.8. The van der Waals surface area contributed by atoms with Crippen LogP contribution >= 0.6 is 0 Å². The van der Waals surface area contributed by atoms with Crippen LogP contribution in [0.2, 0.25) is 0 Å². The summed E-state index contributed by atoms with van der Waals surface area (Å²) in [5.74, 6) is -0.445. The van der Waals surface area contributed by atoms with Crippen LogP contribution in [0, 0.1) is 5.92 Å². The number of ether oxygens (including phenoxy) is 3. The maximum Gasteiger partial charge on any atom is 0.309 e. The van der Waals surface area contributed by atoms with E-state index in [9.17, 15) is 24.9 Å². The molecule has 0 aromatic heterocycles. The van der Waals surface area contributed by atoms with Gasteiger partial charge >= 0.3 is 5.97 Å². The summed E-state index contributed by atoms with van der Waals surface area (Å²) in [7, 11) is 0. The highest BCUT2D eigenvalue weighted by molar-refractivity contribution is 5.83. The summed E-state index contributed by atoms with van der Waals surface area (Å²) in [4.78, 5) is 23.2. The van der Waals surface area contributed by atoms with Crippen molar-refractivity contribution in [3.63, 3.8) is 0 Å². The molecule has 45 heavy (non-hydrogen) atoms. The number of cyclic esters (lactones) is 1. The van der Waals surface area contributed by atoms with Gasteiger partial charge in [0.2, 0.25) is 0 Å². The van der Waals surface area contributed by atoms with Gasteiger partial charge in [-0.1, -0.05) is 84.0 Å². The smallest absolute Gasteiger partial charge is 0.309 e. The quantitative estimate of drug-likeness (QED) is 0.0714. The zero-order valence-electron chi connectivity index (χ0n) is 28.5.